The van der Waals surface area contributed by atoms with Gasteiger partial charge in [-0.2, -0.15) is 0 Å². The Labute approximate surface area is 180 Å². The van der Waals surface area contributed by atoms with Crippen molar-refractivity contribution in [1.29, 1.82) is 0 Å². The highest BCUT2D eigenvalue weighted by Gasteiger charge is 2.20. The van der Waals surface area contributed by atoms with Crippen molar-refractivity contribution in [2.45, 2.75) is 39.7 Å². The minimum Gasteiger partial charge on any atom is -0.311 e. The maximum atomic E-state index is 13.2. The topological polar surface area (TPSA) is 48.5 Å². The lowest BCUT2D eigenvalue weighted by atomic mass is 10.0. The van der Waals surface area contributed by atoms with E-state index in [0.29, 0.717) is 6.42 Å². The SMILES string of the molecule is Cc1cn(-c2ccc(/C=C3\CCCn4c(Cc5ccc(F)cc5)nnc43)cc2C)cn1. The smallest absolute Gasteiger partial charge is 0.159 e. The molecule has 1 aliphatic rings. The van der Waals surface area contributed by atoms with Gasteiger partial charge in [0.1, 0.15) is 11.6 Å². The van der Waals surface area contributed by atoms with Crippen molar-refractivity contribution in [1.82, 2.24) is 24.3 Å². The average molecular weight is 414 g/mol. The monoisotopic (exact) mass is 413 g/mol. The summed E-state index contributed by atoms with van der Waals surface area (Å²) in [6, 6.07) is 13.1. The van der Waals surface area contributed by atoms with Crippen LogP contribution in [-0.4, -0.2) is 24.3 Å². The van der Waals surface area contributed by atoms with Gasteiger partial charge >= 0.3 is 0 Å². The lowest BCUT2D eigenvalue weighted by molar-refractivity contribution is 0.592. The number of aryl methyl sites for hydroxylation is 2. The van der Waals surface area contributed by atoms with Gasteiger partial charge in [0.2, 0.25) is 0 Å². The van der Waals surface area contributed by atoms with E-state index in [1.807, 2.05) is 31.6 Å². The van der Waals surface area contributed by atoms with Crippen molar-refractivity contribution in [2.75, 3.05) is 0 Å². The highest BCUT2D eigenvalue weighted by atomic mass is 19.1. The van der Waals surface area contributed by atoms with Gasteiger partial charge in [-0.25, -0.2) is 9.37 Å². The standard InChI is InChI=1S/C25H24FN5/c1-17-12-20(7-10-23(17)30-15-18(2)27-16-30)13-21-4-3-11-31-24(28-29-25(21)31)14-19-5-8-22(26)9-6-19/h5-10,12-13,15-16H,3-4,11,14H2,1-2H3/b21-13+. The van der Waals surface area contributed by atoms with E-state index in [-0.39, 0.29) is 5.82 Å². The summed E-state index contributed by atoms with van der Waals surface area (Å²) >= 11 is 0. The number of nitrogens with zero attached hydrogens (tertiary/aromatic N) is 5. The van der Waals surface area contributed by atoms with Crippen LogP contribution in [0.4, 0.5) is 4.39 Å². The van der Waals surface area contributed by atoms with Crippen LogP contribution in [0.1, 0.15) is 46.9 Å². The van der Waals surface area contributed by atoms with Crippen LogP contribution in [0.15, 0.2) is 55.0 Å². The lowest BCUT2D eigenvalue weighted by Gasteiger charge is -2.18. The summed E-state index contributed by atoms with van der Waals surface area (Å²) in [6.07, 6.45) is 8.79. The molecule has 5 rings (SSSR count). The second-order valence-corrected chi connectivity index (χ2v) is 8.14. The highest BCUT2D eigenvalue weighted by molar-refractivity contribution is 5.79. The molecule has 6 heteroatoms. The molecular weight excluding hydrogens is 389 g/mol. The molecule has 0 bridgehead atoms. The predicted octanol–water partition coefficient (Wildman–Crippen LogP) is 5.14. The molecule has 1 aliphatic heterocycles. The first kappa shape index (κ1) is 19.4. The van der Waals surface area contributed by atoms with Crippen LogP contribution < -0.4 is 0 Å². The van der Waals surface area contributed by atoms with Crippen molar-refractivity contribution in [3.8, 4) is 5.69 Å². The summed E-state index contributed by atoms with van der Waals surface area (Å²) in [5, 5.41) is 8.95. The molecule has 0 radical (unpaired) electrons. The Morgan fingerprint density at radius 2 is 1.90 bits per heavy atom. The third kappa shape index (κ3) is 3.93. The molecular formula is C25H24FN5. The summed E-state index contributed by atoms with van der Waals surface area (Å²) in [7, 11) is 0. The zero-order valence-corrected chi connectivity index (χ0v) is 17.7. The number of rotatable bonds is 4. The van der Waals surface area contributed by atoms with E-state index in [9.17, 15) is 4.39 Å². The van der Waals surface area contributed by atoms with Gasteiger partial charge in [0, 0.05) is 24.8 Å². The molecule has 0 aliphatic carbocycles. The number of fused-ring (bicyclic) bond motifs is 1. The third-order valence-electron chi connectivity index (χ3n) is 5.77. The van der Waals surface area contributed by atoms with E-state index in [1.54, 1.807) is 0 Å². The Hall–Kier alpha value is -3.54. The zero-order valence-electron chi connectivity index (χ0n) is 17.7. The van der Waals surface area contributed by atoms with Crippen molar-refractivity contribution in [2.24, 2.45) is 0 Å². The van der Waals surface area contributed by atoms with Crippen LogP contribution in [-0.2, 0) is 13.0 Å². The maximum Gasteiger partial charge on any atom is 0.159 e. The molecule has 0 saturated heterocycles. The van der Waals surface area contributed by atoms with E-state index in [1.165, 1.54) is 23.3 Å². The molecule has 0 fully saturated rings. The molecule has 0 unspecified atom stereocenters. The zero-order chi connectivity index (χ0) is 21.4. The fourth-order valence-electron chi connectivity index (χ4n) is 4.21. The van der Waals surface area contributed by atoms with Crippen LogP contribution in [0.2, 0.25) is 0 Å². The number of hydrogen-bond acceptors (Lipinski definition) is 3. The first-order valence-corrected chi connectivity index (χ1v) is 10.6. The van der Waals surface area contributed by atoms with Crippen LogP contribution in [0.25, 0.3) is 17.3 Å². The second kappa shape index (κ2) is 7.95. The van der Waals surface area contributed by atoms with Crippen molar-refractivity contribution >= 4 is 11.6 Å². The average Bonchev–Trinajstić information content (AvgIpc) is 3.37. The molecule has 3 heterocycles. The van der Waals surface area contributed by atoms with Crippen molar-refractivity contribution in [3.05, 3.63) is 94.8 Å². The molecule has 0 spiro atoms. The number of imidazole rings is 1. The molecule has 156 valence electrons. The van der Waals surface area contributed by atoms with Gasteiger partial charge in [0.05, 0.1) is 12.0 Å². The second-order valence-electron chi connectivity index (χ2n) is 8.14. The van der Waals surface area contributed by atoms with Gasteiger partial charge in [0.25, 0.3) is 0 Å². The van der Waals surface area contributed by atoms with Gasteiger partial charge in [-0.3, -0.25) is 0 Å². The molecule has 4 aromatic rings. The number of hydrogen-bond donors (Lipinski definition) is 0. The normalized spacial score (nSPS) is 14.7. The summed E-state index contributed by atoms with van der Waals surface area (Å²) < 4.78 is 17.5. The van der Waals surface area contributed by atoms with Crippen LogP contribution in [0.5, 0.6) is 0 Å². The first-order chi connectivity index (χ1) is 15.1. The lowest BCUT2D eigenvalue weighted by Crippen LogP contribution is -2.13. The highest BCUT2D eigenvalue weighted by Crippen LogP contribution is 2.29. The van der Waals surface area contributed by atoms with Crippen LogP contribution >= 0.6 is 0 Å². The van der Waals surface area contributed by atoms with Gasteiger partial charge < -0.3 is 9.13 Å². The molecule has 0 atom stereocenters. The van der Waals surface area contributed by atoms with E-state index in [0.717, 1.165) is 53.5 Å². The minimum absolute atomic E-state index is 0.221. The molecule has 2 aromatic carbocycles. The number of benzene rings is 2. The largest absolute Gasteiger partial charge is 0.311 e. The quantitative estimate of drug-likeness (QED) is 0.465. The number of halogens is 1. The molecule has 2 aromatic heterocycles. The minimum atomic E-state index is -0.221. The Bertz CT molecular complexity index is 1260. The predicted molar refractivity (Wildman–Crippen MR) is 119 cm³/mol. The van der Waals surface area contributed by atoms with E-state index >= 15 is 0 Å². The number of allylic oxidation sites excluding steroid dienone is 1. The van der Waals surface area contributed by atoms with Gasteiger partial charge in [-0.15, -0.1) is 10.2 Å². The first-order valence-electron chi connectivity index (χ1n) is 10.6. The fraction of sp³-hybridized carbons (Fsp3) is 0.240. The van der Waals surface area contributed by atoms with Crippen molar-refractivity contribution < 1.29 is 4.39 Å². The summed E-state index contributed by atoms with van der Waals surface area (Å²) in [6.45, 7) is 5.03. The summed E-state index contributed by atoms with van der Waals surface area (Å²) in [5.74, 6) is 1.64. The van der Waals surface area contributed by atoms with Gasteiger partial charge in [-0.05, 0) is 79.3 Å². The Morgan fingerprint density at radius 3 is 2.65 bits per heavy atom. The van der Waals surface area contributed by atoms with Crippen molar-refractivity contribution in [3.63, 3.8) is 0 Å². The molecule has 0 amide bonds. The Morgan fingerprint density at radius 1 is 1.06 bits per heavy atom. The van der Waals surface area contributed by atoms with Gasteiger partial charge in [-0.1, -0.05) is 18.2 Å². The fourth-order valence-corrected chi connectivity index (χ4v) is 4.21. The molecule has 0 saturated carbocycles. The van der Waals surface area contributed by atoms with Gasteiger partial charge in [0.15, 0.2) is 5.82 Å². The van der Waals surface area contributed by atoms with E-state index in [4.69, 9.17) is 0 Å². The number of aromatic nitrogens is 5. The van der Waals surface area contributed by atoms with Crippen LogP contribution in [0, 0.1) is 19.7 Å². The maximum absolute atomic E-state index is 13.2. The van der Waals surface area contributed by atoms with E-state index in [2.05, 4.69) is 55.5 Å². The van der Waals surface area contributed by atoms with E-state index < -0.39 is 0 Å². The summed E-state index contributed by atoms with van der Waals surface area (Å²) in [5.41, 5.74) is 6.73. The molecule has 0 N–H and O–H groups in total. The Kier molecular flexibility index (Phi) is 4.98. The molecule has 5 nitrogen and oxygen atoms in total. The third-order valence-corrected chi connectivity index (χ3v) is 5.77. The van der Waals surface area contributed by atoms with Crippen LogP contribution in [0.3, 0.4) is 0 Å². The Balaban J connectivity index is 1.43. The summed E-state index contributed by atoms with van der Waals surface area (Å²) in [4.78, 5) is 4.33. The molecule has 31 heavy (non-hydrogen) atoms.